The van der Waals surface area contributed by atoms with E-state index in [2.05, 4.69) is 154 Å². The van der Waals surface area contributed by atoms with Gasteiger partial charge in [-0.25, -0.2) is 0 Å². The second-order valence-corrected chi connectivity index (χ2v) is 13.8. The summed E-state index contributed by atoms with van der Waals surface area (Å²) in [5.41, 5.74) is 0. The van der Waals surface area contributed by atoms with E-state index in [0.29, 0.717) is 32.1 Å². The average molecular weight is 765 g/mol. The highest BCUT2D eigenvalue weighted by atomic mass is 16.4. The third kappa shape index (κ3) is 40.9. The maximum Gasteiger partial charge on any atom is 0.306 e. The van der Waals surface area contributed by atoms with Crippen LogP contribution >= 0.6 is 0 Å². The van der Waals surface area contributed by atoms with Crippen LogP contribution in [0.5, 0.6) is 0 Å². The molecule has 4 nitrogen and oxygen atoms in total. The lowest BCUT2D eigenvalue weighted by molar-refractivity contribution is -0.144. The molecule has 0 aliphatic carbocycles. The molecule has 0 radical (unpaired) electrons. The Morgan fingerprint density at radius 1 is 0.375 bits per heavy atom. The molecule has 0 amide bonds. The molecule has 1 atom stereocenters. The molecule has 0 fully saturated rings. The van der Waals surface area contributed by atoms with Crippen LogP contribution in [0, 0.1) is 5.92 Å². The number of hydrogen-bond acceptors (Lipinski definition) is 3. The van der Waals surface area contributed by atoms with Gasteiger partial charge in [0, 0.05) is 25.7 Å². The van der Waals surface area contributed by atoms with Gasteiger partial charge >= 0.3 is 5.97 Å². The molecular weight excluding hydrogens is 689 g/mol. The Morgan fingerprint density at radius 3 is 1.00 bits per heavy atom. The van der Waals surface area contributed by atoms with Crippen molar-refractivity contribution in [2.24, 2.45) is 5.92 Å². The van der Waals surface area contributed by atoms with E-state index in [4.69, 9.17) is 0 Å². The van der Waals surface area contributed by atoms with Gasteiger partial charge in [0.2, 0.25) is 0 Å². The highest BCUT2D eigenvalue weighted by molar-refractivity contribution is 5.83. The minimum atomic E-state index is -0.903. The van der Waals surface area contributed by atoms with E-state index in [9.17, 15) is 19.5 Å². The van der Waals surface area contributed by atoms with Crippen LogP contribution < -0.4 is 0 Å². The van der Waals surface area contributed by atoms with Gasteiger partial charge in [0.05, 0.1) is 5.92 Å². The zero-order valence-corrected chi connectivity index (χ0v) is 35.2. The summed E-state index contributed by atoms with van der Waals surface area (Å²) >= 11 is 0. The lowest BCUT2D eigenvalue weighted by atomic mass is 9.94. The Balaban J connectivity index is 3.90. The monoisotopic (exact) mass is 765 g/mol. The van der Waals surface area contributed by atoms with Crippen molar-refractivity contribution in [2.75, 3.05) is 0 Å². The Bertz CT molecular complexity index is 1340. The minimum absolute atomic E-state index is 0.00139. The number of ketones is 2. The molecule has 4 heteroatoms. The van der Waals surface area contributed by atoms with Crippen LogP contribution in [-0.2, 0) is 14.4 Å². The zero-order chi connectivity index (χ0) is 40.8. The molecule has 0 rings (SSSR count). The van der Waals surface area contributed by atoms with Crippen molar-refractivity contribution in [1.82, 2.24) is 0 Å². The summed E-state index contributed by atoms with van der Waals surface area (Å²) in [5, 5.41) is 9.63. The van der Waals surface area contributed by atoms with Crippen LogP contribution in [0.2, 0.25) is 0 Å². The lowest BCUT2D eigenvalue weighted by Gasteiger charge is -2.11. The second-order valence-electron chi connectivity index (χ2n) is 13.8. The molecule has 0 aliphatic heterocycles. The summed E-state index contributed by atoms with van der Waals surface area (Å²) in [6.07, 6.45) is 69.3. The molecule has 56 heavy (non-hydrogen) atoms. The van der Waals surface area contributed by atoms with Gasteiger partial charge in [-0.3, -0.25) is 14.4 Å². The summed E-state index contributed by atoms with van der Waals surface area (Å²) in [6.45, 7) is 4.29. The normalized spacial score (nSPS) is 13.8. The first-order valence-corrected chi connectivity index (χ1v) is 21.6. The van der Waals surface area contributed by atoms with Gasteiger partial charge in [0.25, 0.3) is 0 Å². The van der Waals surface area contributed by atoms with Crippen LogP contribution in [0.4, 0.5) is 0 Å². The molecule has 0 aromatic carbocycles. The smallest absolute Gasteiger partial charge is 0.306 e. The van der Waals surface area contributed by atoms with Gasteiger partial charge in [0.1, 0.15) is 11.6 Å². The quantitative estimate of drug-likeness (QED) is 0.0505. The number of Topliss-reactive ketones (excluding diaryl/α,β-unsaturated/α-hetero) is 2. The number of hydrogen-bond donors (Lipinski definition) is 1. The number of carboxylic acids is 1. The molecule has 0 spiro atoms. The van der Waals surface area contributed by atoms with Crippen molar-refractivity contribution in [3.05, 3.63) is 146 Å². The van der Waals surface area contributed by atoms with E-state index in [1.807, 2.05) is 6.08 Å². The van der Waals surface area contributed by atoms with E-state index < -0.39 is 11.9 Å². The zero-order valence-electron chi connectivity index (χ0n) is 35.2. The minimum Gasteiger partial charge on any atom is -0.481 e. The molecule has 0 aromatic heterocycles. The summed E-state index contributed by atoms with van der Waals surface area (Å²) in [5.74, 6) is -1.29. The van der Waals surface area contributed by atoms with Crippen LogP contribution in [-0.4, -0.2) is 22.6 Å². The lowest BCUT2D eigenvalue weighted by Crippen LogP contribution is -2.18. The number of allylic oxidation sites excluding steroid dienone is 24. The molecule has 0 aromatic rings. The number of carbonyl (C=O) groups excluding carboxylic acids is 2. The fourth-order valence-electron chi connectivity index (χ4n) is 5.47. The molecule has 0 unspecified atom stereocenters. The number of rotatable bonds is 37. The predicted molar refractivity (Wildman–Crippen MR) is 244 cm³/mol. The molecule has 0 saturated carbocycles. The molecule has 1 N–H and O–H groups in total. The molecule has 0 heterocycles. The van der Waals surface area contributed by atoms with E-state index in [-0.39, 0.29) is 18.0 Å². The number of carboxylic acid groups (broad SMARTS) is 1. The van der Waals surface area contributed by atoms with Gasteiger partial charge in [0.15, 0.2) is 0 Å². The van der Waals surface area contributed by atoms with Crippen LogP contribution in [0.25, 0.3) is 0 Å². The Hall–Kier alpha value is -4.31. The summed E-state index contributed by atoms with van der Waals surface area (Å²) in [7, 11) is 0. The van der Waals surface area contributed by atoms with E-state index in [1.54, 1.807) is 0 Å². The summed E-state index contributed by atoms with van der Waals surface area (Å²) < 4.78 is 0. The van der Waals surface area contributed by atoms with E-state index >= 15 is 0 Å². The standard InChI is InChI=1S/C52H76O4/c1-3-5-7-9-11-13-15-17-19-21-23-25-27-29-31-33-35-37-41-45-50(53)46-43-39-40-44-49(52(55)56)48-51(54)47-42-38-36-34-32-30-28-26-24-22-20-18-16-14-12-10-8-6-4-2/h5-8,11-14,17-20,23-26,29-32,35-38,49H,3-4,9-10,15-16,21-22,27-28,33-34,39-48H2,1-2H3,(H,55,56)/b7-5-,8-6-,13-11-,14-12-,19-17-,20-18-,25-23-,26-24-,31-29-,32-30-,37-35-,38-36-/t49-/m1/s1. The fourth-order valence-corrected chi connectivity index (χ4v) is 5.47. The summed E-state index contributed by atoms with van der Waals surface area (Å²) in [6, 6.07) is 0. The Morgan fingerprint density at radius 2 is 0.679 bits per heavy atom. The Kier molecular flexibility index (Phi) is 40.1. The maximum atomic E-state index is 12.4. The highest BCUT2D eigenvalue weighted by Gasteiger charge is 2.20. The highest BCUT2D eigenvalue weighted by Crippen LogP contribution is 2.17. The van der Waals surface area contributed by atoms with Gasteiger partial charge in [-0.05, 0) is 103 Å². The van der Waals surface area contributed by atoms with Crippen LogP contribution in [0.3, 0.4) is 0 Å². The van der Waals surface area contributed by atoms with Crippen molar-refractivity contribution in [2.45, 2.75) is 155 Å². The Labute approximate surface area is 342 Å². The molecule has 0 saturated heterocycles. The molecule has 0 aliphatic rings. The van der Waals surface area contributed by atoms with E-state index in [1.165, 1.54) is 0 Å². The third-order valence-electron chi connectivity index (χ3n) is 8.70. The summed E-state index contributed by atoms with van der Waals surface area (Å²) in [4.78, 5) is 36.4. The first-order valence-electron chi connectivity index (χ1n) is 21.6. The first-order chi connectivity index (χ1) is 27.5. The predicted octanol–water partition coefficient (Wildman–Crippen LogP) is 15.1. The third-order valence-corrected chi connectivity index (χ3v) is 8.70. The van der Waals surface area contributed by atoms with Crippen molar-refractivity contribution in [3.63, 3.8) is 0 Å². The van der Waals surface area contributed by atoms with Gasteiger partial charge in [-0.15, -0.1) is 0 Å². The largest absolute Gasteiger partial charge is 0.481 e. The van der Waals surface area contributed by atoms with Crippen LogP contribution in [0.1, 0.15) is 155 Å². The number of unbranched alkanes of at least 4 members (excludes halogenated alkanes) is 2. The van der Waals surface area contributed by atoms with Crippen molar-refractivity contribution >= 4 is 17.5 Å². The topological polar surface area (TPSA) is 71.4 Å². The van der Waals surface area contributed by atoms with Gasteiger partial charge < -0.3 is 5.11 Å². The first kappa shape index (κ1) is 51.7. The number of aliphatic carboxylic acids is 1. The second kappa shape index (κ2) is 43.4. The molecule has 0 bridgehead atoms. The molecule has 308 valence electrons. The van der Waals surface area contributed by atoms with Crippen molar-refractivity contribution in [1.29, 1.82) is 0 Å². The van der Waals surface area contributed by atoms with Crippen molar-refractivity contribution in [3.8, 4) is 0 Å². The molecular formula is C52H76O4. The number of carbonyl (C=O) groups is 3. The van der Waals surface area contributed by atoms with Gasteiger partial charge in [-0.1, -0.05) is 173 Å². The van der Waals surface area contributed by atoms with E-state index in [0.717, 1.165) is 103 Å². The average Bonchev–Trinajstić information content (AvgIpc) is 3.19. The maximum absolute atomic E-state index is 12.4. The fraction of sp³-hybridized carbons (Fsp3) is 0.481. The SMILES string of the molecule is CC/C=C\C/C=C\C/C=C\C/C=C\C/C=C\C/C=C\CCC(=O)CCCCC[C@H](CC(=O)CC/C=C\C/C=C\C/C=C\C/C=C\C/C=C\C/C=C\CC)C(=O)O. The van der Waals surface area contributed by atoms with Crippen LogP contribution in [0.15, 0.2) is 146 Å². The van der Waals surface area contributed by atoms with Crippen molar-refractivity contribution < 1.29 is 19.5 Å². The van der Waals surface area contributed by atoms with Gasteiger partial charge in [-0.2, -0.15) is 0 Å².